The number of rotatable bonds is 5. The fourth-order valence-corrected chi connectivity index (χ4v) is 1.90. The summed E-state index contributed by atoms with van der Waals surface area (Å²) in [6.45, 7) is 1.94. The van der Waals surface area contributed by atoms with Gasteiger partial charge < -0.3 is 13.9 Å². The second-order valence-corrected chi connectivity index (χ2v) is 3.61. The first-order valence-corrected chi connectivity index (χ1v) is 4.99. The Bertz CT molecular complexity index is 243. The van der Waals surface area contributed by atoms with Crippen LogP contribution >= 0.6 is 11.8 Å². The maximum absolute atomic E-state index is 5.16. The van der Waals surface area contributed by atoms with Crippen molar-refractivity contribution in [1.82, 2.24) is 0 Å². The largest absolute Gasteiger partial charge is 0.468 e. The van der Waals surface area contributed by atoms with Gasteiger partial charge in [0.15, 0.2) is 6.29 Å². The van der Waals surface area contributed by atoms with Gasteiger partial charge in [-0.1, -0.05) is 0 Å². The second-order valence-electron chi connectivity index (χ2n) is 2.55. The van der Waals surface area contributed by atoms with Crippen LogP contribution in [-0.2, 0) is 9.47 Å². The van der Waals surface area contributed by atoms with Crippen molar-refractivity contribution in [2.45, 2.75) is 18.1 Å². The number of thioether (sulfide) groups is 1. The normalized spacial score (nSPS) is 11.1. The van der Waals surface area contributed by atoms with E-state index in [4.69, 9.17) is 13.9 Å². The lowest BCUT2D eigenvalue weighted by atomic mass is 10.5. The molecule has 0 radical (unpaired) electrons. The molecule has 1 rings (SSSR count). The lowest BCUT2D eigenvalue weighted by Crippen LogP contribution is -2.15. The van der Waals surface area contributed by atoms with E-state index in [1.165, 1.54) is 0 Å². The molecular weight excluding hydrogens is 188 g/mol. The summed E-state index contributed by atoms with van der Waals surface area (Å²) in [7, 11) is 3.27. The van der Waals surface area contributed by atoms with Crippen molar-refractivity contribution in [3.63, 3.8) is 0 Å². The molecule has 0 spiro atoms. The van der Waals surface area contributed by atoms with Crippen LogP contribution in [0.1, 0.15) is 5.76 Å². The Morgan fingerprint density at radius 1 is 1.46 bits per heavy atom. The van der Waals surface area contributed by atoms with Gasteiger partial charge in [0.05, 0.1) is 6.26 Å². The molecule has 0 aliphatic carbocycles. The number of aryl methyl sites for hydroxylation is 1. The molecule has 0 N–H and O–H groups in total. The van der Waals surface area contributed by atoms with Crippen molar-refractivity contribution in [2.75, 3.05) is 20.0 Å². The van der Waals surface area contributed by atoms with Crippen LogP contribution in [0.2, 0.25) is 0 Å². The summed E-state index contributed by atoms with van der Waals surface area (Å²) in [6, 6.07) is 1.95. The molecule has 0 aromatic carbocycles. The molecule has 0 saturated carbocycles. The van der Waals surface area contributed by atoms with Crippen LogP contribution in [0.15, 0.2) is 21.6 Å². The van der Waals surface area contributed by atoms with Crippen molar-refractivity contribution in [3.05, 3.63) is 18.1 Å². The molecule has 0 saturated heterocycles. The highest BCUT2D eigenvalue weighted by atomic mass is 32.2. The minimum absolute atomic E-state index is 0.153. The van der Waals surface area contributed by atoms with Crippen molar-refractivity contribution in [3.8, 4) is 0 Å². The Balaban J connectivity index is 2.38. The molecule has 74 valence electrons. The van der Waals surface area contributed by atoms with Crippen LogP contribution in [0.25, 0.3) is 0 Å². The van der Waals surface area contributed by atoms with Crippen LogP contribution in [-0.4, -0.2) is 26.3 Å². The minimum atomic E-state index is -0.153. The summed E-state index contributed by atoms with van der Waals surface area (Å²) in [4.78, 5) is 1.14. The van der Waals surface area contributed by atoms with Crippen LogP contribution in [0.4, 0.5) is 0 Å². The van der Waals surface area contributed by atoms with E-state index in [0.717, 1.165) is 16.4 Å². The van der Waals surface area contributed by atoms with E-state index in [1.807, 2.05) is 13.0 Å². The maximum Gasteiger partial charge on any atom is 0.166 e. The Labute approximate surface area is 82.4 Å². The van der Waals surface area contributed by atoms with Gasteiger partial charge in [0.1, 0.15) is 5.76 Å². The molecule has 0 aliphatic rings. The van der Waals surface area contributed by atoms with Gasteiger partial charge in [-0.25, -0.2) is 0 Å². The number of methoxy groups -OCH3 is 2. The molecule has 0 unspecified atom stereocenters. The van der Waals surface area contributed by atoms with Crippen molar-refractivity contribution < 1.29 is 13.9 Å². The monoisotopic (exact) mass is 202 g/mol. The smallest absolute Gasteiger partial charge is 0.166 e. The van der Waals surface area contributed by atoms with Crippen LogP contribution < -0.4 is 0 Å². The maximum atomic E-state index is 5.16. The number of hydrogen-bond acceptors (Lipinski definition) is 4. The fraction of sp³-hybridized carbons (Fsp3) is 0.556. The summed E-state index contributed by atoms with van der Waals surface area (Å²) in [5.41, 5.74) is 0. The summed E-state index contributed by atoms with van der Waals surface area (Å²) < 4.78 is 15.3. The van der Waals surface area contributed by atoms with Crippen LogP contribution in [0.3, 0.4) is 0 Å². The average molecular weight is 202 g/mol. The van der Waals surface area contributed by atoms with Crippen molar-refractivity contribution in [1.29, 1.82) is 0 Å². The van der Waals surface area contributed by atoms with E-state index in [0.29, 0.717) is 0 Å². The van der Waals surface area contributed by atoms with E-state index in [1.54, 1.807) is 32.2 Å². The molecule has 4 heteroatoms. The Morgan fingerprint density at radius 2 is 2.15 bits per heavy atom. The average Bonchev–Trinajstić information content (AvgIpc) is 2.54. The fourth-order valence-electron chi connectivity index (χ4n) is 0.913. The molecule has 0 amide bonds. The molecule has 3 nitrogen and oxygen atoms in total. The first-order chi connectivity index (χ1) is 6.27. The standard InChI is InChI=1S/C9H14O3S/c1-7-8(4-5-12-7)13-6-9(10-2)11-3/h4-5,9H,6H2,1-3H3. The number of furan rings is 1. The Hall–Kier alpha value is -0.450. The topological polar surface area (TPSA) is 31.6 Å². The van der Waals surface area contributed by atoms with E-state index >= 15 is 0 Å². The van der Waals surface area contributed by atoms with Gasteiger partial charge >= 0.3 is 0 Å². The highest BCUT2D eigenvalue weighted by molar-refractivity contribution is 7.99. The van der Waals surface area contributed by atoms with E-state index in [-0.39, 0.29) is 6.29 Å². The highest BCUT2D eigenvalue weighted by Crippen LogP contribution is 2.24. The van der Waals surface area contributed by atoms with Gasteiger partial charge in [0.25, 0.3) is 0 Å². The zero-order valence-corrected chi connectivity index (χ0v) is 8.89. The SMILES string of the molecule is COC(CSc1ccoc1C)OC. The molecule has 0 fully saturated rings. The summed E-state index contributed by atoms with van der Waals surface area (Å²) in [5, 5.41) is 0. The zero-order chi connectivity index (χ0) is 9.68. The van der Waals surface area contributed by atoms with Crippen LogP contribution in [0, 0.1) is 6.92 Å². The third kappa shape index (κ3) is 3.06. The molecule has 13 heavy (non-hydrogen) atoms. The Morgan fingerprint density at radius 3 is 2.62 bits per heavy atom. The summed E-state index contributed by atoms with van der Waals surface area (Å²) in [5.74, 6) is 1.71. The molecule has 1 heterocycles. The van der Waals surface area contributed by atoms with Gasteiger partial charge in [-0.3, -0.25) is 0 Å². The molecular formula is C9H14O3S. The first-order valence-electron chi connectivity index (χ1n) is 4.00. The first kappa shape index (κ1) is 10.6. The van der Waals surface area contributed by atoms with Gasteiger partial charge in [-0.15, -0.1) is 11.8 Å². The van der Waals surface area contributed by atoms with E-state index in [2.05, 4.69) is 0 Å². The van der Waals surface area contributed by atoms with Gasteiger partial charge in [0.2, 0.25) is 0 Å². The van der Waals surface area contributed by atoms with Crippen molar-refractivity contribution in [2.24, 2.45) is 0 Å². The molecule has 0 aliphatic heterocycles. The summed E-state index contributed by atoms with van der Waals surface area (Å²) >= 11 is 1.67. The zero-order valence-electron chi connectivity index (χ0n) is 8.07. The third-order valence-electron chi connectivity index (χ3n) is 1.71. The predicted octanol–water partition coefficient (Wildman–Crippen LogP) is 2.30. The van der Waals surface area contributed by atoms with E-state index < -0.39 is 0 Å². The number of ether oxygens (including phenoxy) is 2. The lowest BCUT2D eigenvalue weighted by molar-refractivity contribution is -0.0842. The van der Waals surface area contributed by atoms with Crippen molar-refractivity contribution >= 4 is 11.8 Å². The summed E-state index contributed by atoms with van der Waals surface area (Å²) in [6.07, 6.45) is 1.53. The van der Waals surface area contributed by atoms with E-state index in [9.17, 15) is 0 Å². The molecule has 1 aromatic rings. The quantitative estimate of drug-likeness (QED) is 0.541. The lowest BCUT2D eigenvalue weighted by Gasteiger charge is -2.11. The molecule has 0 bridgehead atoms. The molecule has 0 atom stereocenters. The Kier molecular flexibility index (Phi) is 4.35. The predicted molar refractivity (Wildman–Crippen MR) is 52.0 cm³/mol. The molecule has 1 aromatic heterocycles. The minimum Gasteiger partial charge on any atom is -0.468 e. The van der Waals surface area contributed by atoms with Gasteiger partial charge in [0, 0.05) is 24.9 Å². The second kappa shape index (κ2) is 5.32. The van der Waals surface area contributed by atoms with Crippen LogP contribution in [0.5, 0.6) is 0 Å². The van der Waals surface area contributed by atoms with Gasteiger partial charge in [-0.05, 0) is 13.0 Å². The highest BCUT2D eigenvalue weighted by Gasteiger charge is 2.08. The number of hydrogen-bond donors (Lipinski definition) is 0. The van der Waals surface area contributed by atoms with Gasteiger partial charge in [-0.2, -0.15) is 0 Å². The third-order valence-corrected chi connectivity index (χ3v) is 2.89.